The van der Waals surface area contributed by atoms with Crippen LogP contribution in [0.3, 0.4) is 0 Å². The van der Waals surface area contributed by atoms with Crippen molar-refractivity contribution in [2.75, 3.05) is 7.11 Å². The highest BCUT2D eigenvalue weighted by Crippen LogP contribution is 2.30. The smallest absolute Gasteiger partial charge is 0.299 e. The van der Waals surface area contributed by atoms with Gasteiger partial charge in [-0.25, -0.2) is 4.98 Å². The van der Waals surface area contributed by atoms with Crippen LogP contribution in [0.15, 0.2) is 24.4 Å². The summed E-state index contributed by atoms with van der Waals surface area (Å²) in [4.78, 5) is 25.1. The number of non-ortho nitro benzene ring substituents is 1. The van der Waals surface area contributed by atoms with E-state index < -0.39 is 4.92 Å². The van der Waals surface area contributed by atoms with Crippen LogP contribution < -0.4 is 4.74 Å². The van der Waals surface area contributed by atoms with E-state index >= 15 is 0 Å². The van der Waals surface area contributed by atoms with Crippen LogP contribution in [0.4, 0.5) is 5.69 Å². The van der Waals surface area contributed by atoms with Gasteiger partial charge in [-0.15, -0.1) is 0 Å². The number of fused-ring (bicyclic) bond motifs is 1. The Morgan fingerprint density at radius 2 is 2.24 bits per heavy atom. The van der Waals surface area contributed by atoms with Crippen LogP contribution in [0.2, 0.25) is 0 Å². The molecule has 0 aliphatic carbocycles. The fourth-order valence-corrected chi connectivity index (χ4v) is 1.59. The fourth-order valence-electron chi connectivity index (χ4n) is 1.59. The van der Waals surface area contributed by atoms with Gasteiger partial charge in [-0.3, -0.25) is 14.9 Å². The number of benzene rings is 1. The molecular formula is C11H8N2O4. The molecule has 0 radical (unpaired) electrons. The molecule has 0 spiro atoms. The third-order valence-corrected chi connectivity index (χ3v) is 2.39. The molecule has 2 aromatic rings. The van der Waals surface area contributed by atoms with E-state index in [2.05, 4.69) is 4.98 Å². The summed E-state index contributed by atoms with van der Waals surface area (Å²) in [6.07, 6.45) is 2.00. The first-order valence-corrected chi connectivity index (χ1v) is 4.73. The second-order valence-corrected chi connectivity index (χ2v) is 3.32. The molecule has 0 unspecified atom stereocenters. The number of hydrogen-bond donors (Lipinski definition) is 0. The molecule has 0 bridgehead atoms. The molecule has 0 saturated heterocycles. The molecule has 1 aromatic heterocycles. The Hall–Kier alpha value is -2.50. The van der Waals surface area contributed by atoms with Crippen LogP contribution in [-0.4, -0.2) is 23.3 Å². The molecule has 6 heteroatoms. The average molecular weight is 232 g/mol. The fraction of sp³-hybridized carbons (Fsp3) is 0.0909. The van der Waals surface area contributed by atoms with E-state index in [0.717, 1.165) is 0 Å². The second-order valence-electron chi connectivity index (χ2n) is 3.32. The summed E-state index contributed by atoms with van der Waals surface area (Å²) in [6, 6.07) is 4.33. The van der Waals surface area contributed by atoms with Crippen molar-refractivity contribution in [1.29, 1.82) is 0 Å². The van der Waals surface area contributed by atoms with Gasteiger partial charge < -0.3 is 4.74 Å². The standard InChI is InChI=1S/C11H8N2O4/c1-17-8-4-9-7(6-14)2-3-12-11(9)10(5-8)13(15)16/h2-6H,1H3. The van der Waals surface area contributed by atoms with Crippen LogP contribution in [0.25, 0.3) is 10.9 Å². The number of pyridine rings is 1. The maximum Gasteiger partial charge on any atom is 0.299 e. The van der Waals surface area contributed by atoms with Gasteiger partial charge >= 0.3 is 0 Å². The topological polar surface area (TPSA) is 82.3 Å². The van der Waals surface area contributed by atoms with Gasteiger partial charge in [0.05, 0.1) is 18.1 Å². The molecule has 0 atom stereocenters. The minimum Gasteiger partial charge on any atom is -0.496 e. The number of carbonyl (C=O) groups excluding carboxylic acids is 1. The number of carbonyl (C=O) groups is 1. The van der Waals surface area contributed by atoms with Crippen molar-refractivity contribution < 1.29 is 14.5 Å². The lowest BCUT2D eigenvalue weighted by Crippen LogP contribution is -1.95. The average Bonchev–Trinajstić information content (AvgIpc) is 2.36. The quantitative estimate of drug-likeness (QED) is 0.459. The van der Waals surface area contributed by atoms with E-state index in [-0.39, 0.29) is 11.2 Å². The van der Waals surface area contributed by atoms with E-state index in [1.807, 2.05) is 0 Å². The molecule has 6 nitrogen and oxygen atoms in total. The van der Waals surface area contributed by atoms with E-state index in [9.17, 15) is 14.9 Å². The summed E-state index contributed by atoms with van der Waals surface area (Å²) in [5.74, 6) is 0.320. The van der Waals surface area contributed by atoms with E-state index in [4.69, 9.17) is 4.74 Å². The monoisotopic (exact) mass is 232 g/mol. The maximum absolute atomic E-state index is 10.9. The molecule has 0 aliphatic heterocycles. The Kier molecular flexibility index (Phi) is 2.70. The number of nitro groups is 1. The summed E-state index contributed by atoms with van der Waals surface area (Å²) < 4.78 is 4.96. The molecule has 1 aromatic carbocycles. The van der Waals surface area contributed by atoms with Crippen molar-refractivity contribution in [2.24, 2.45) is 0 Å². The molecule has 0 N–H and O–H groups in total. The predicted molar refractivity (Wildman–Crippen MR) is 60.3 cm³/mol. The van der Waals surface area contributed by atoms with Crippen molar-refractivity contribution in [1.82, 2.24) is 4.98 Å². The van der Waals surface area contributed by atoms with Crippen molar-refractivity contribution >= 4 is 22.9 Å². The molecule has 1 heterocycles. The van der Waals surface area contributed by atoms with E-state index in [1.165, 1.54) is 25.4 Å². The summed E-state index contributed by atoms with van der Waals surface area (Å²) in [6.45, 7) is 0. The normalized spacial score (nSPS) is 10.2. The number of hydrogen-bond acceptors (Lipinski definition) is 5. The van der Waals surface area contributed by atoms with Gasteiger partial charge in [-0.2, -0.15) is 0 Å². The van der Waals surface area contributed by atoms with Gasteiger partial charge in [0, 0.05) is 17.1 Å². The number of aromatic nitrogens is 1. The Bertz CT molecular complexity index is 610. The van der Waals surface area contributed by atoms with Gasteiger partial charge in [0.25, 0.3) is 5.69 Å². The highest BCUT2D eigenvalue weighted by atomic mass is 16.6. The van der Waals surface area contributed by atoms with E-state index in [0.29, 0.717) is 23.0 Å². The number of nitro benzene ring substituents is 1. The Balaban J connectivity index is 2.89. The predicted octanol–water partition coefficient (Wildman–Crippen LogP) is 1.96. The first-order valence-electron chi connectivity index (χ1n) is 4.73. The zero-order valence-electron chi connectivity index (χ0n) is 8.91. The van der Waals surface area contributed by atoms with Crippen LogP contribution in [0.5, 0.6) is 5.75 Å². The third kappa shape index (κ3) is 1.80. The lowest BCUT2D eigenvalue weighted by atomic mass is 10.1. The summed E-state index contributed by atoms with van der Waals surface area (Å²) in [5, 5.41) is 11.3. The molecule has 86 valence electrons. The van der Waals surface area contributed by atoms with Crippen molar-refractivity contribution in [2.45, 2.75) is 0 Å². The van der Waals surface area contributed by atoms with Gasteiger partial charge in [-0.1, -0.05) is 0 Å². The first kappa shape index (κ1) is 11.0. The molecule has 0 fully saturated rings. The van der Waals surface area contributed by atoms with Crippen LogP contribution in [0, 0.1) is 10.1 Å². The van der Waals surface area contributed by atoms with Crippen LogP contribution in [-0.2, 0) is 0 Å². The highest BCUT2D eigenvalue weighted by molar-refractivity contribution is 6.00. The van der Waals surface area contributed by atoms with Gasteiger partial charge in [0.2, 0.25) is 0 Å². The van der Waals surface area contributed by atoms with Crippen molar-refractivity contribution in [3.8, 4) is 5.75 Å². The number of nitrogens with zero attached hydrogens (tertiary/aromatic N) is 2. The van der Waals surface area contributed by atoms with Crippen molar-refractivity contribution in [3.05, 3.63) is 40.1 Å². The summed E-state index contributed by atoms with van der Waals surface area (Å²) in [7, 11) is 1.40. The SMILES string of the molecule is COc1cc([N+](=O)[O-])c2nccc(C=O)c2c1. The number of methoxy groups -OCH3 is 1. The molecule has 17 heavy (non-hydrogen) atoms. The van der Waals surface area contributed by atoms with Crippen LogP contribution in [0.1, 0.15) is 10.4 Å². The number of aldehydes is 1. The molecule has 0 aliphatic rings. The number of ether oxygens (including phenoxy) is 1. The van der Waals surface area contributed by atoms with Crippen molar-refractivity contribution in [3.63, 3.8) is 0 Å². The first-order chi connectivity index (χ1) is 8.17. The third-order valence-electron chi connectivity index (χ3n) is 2.39. The lowest BCUT2D eigenvalue weighted by Gasteiger charge is -2.04. The van der Waals surface area contributed by atoms with E-state index in [1.54, 1.807) is 6.07 Å². The van der Waals surface area contributed by atoms with Gasteiger partial charge in [0.1, 0.15) is 11.3 Å². The van der Waals surface area contributed by atoms with Gasteiger partial charge in [-0.05, 0) is 12.1 Å². The molecule has 0 saturated carbocycles. The second kappa shape index (κ2) is 4.17. The molecule has 2 rings (SSSR count). The van der Waals surface area contributed by atoms with Gasteiger partial charge in [0.15, 0.2) is 6.29 Å². The Labute approximate surface area is 96.0 Å². The van der Waals surface area contributed by atoms with Crippen LogP contribution >= 0.6 is 0 Å². The molecule has 0 amide bonds. The summed E-state index contributed by atoms with van der Waals surface area (Å²) in [5.41, 5.74) is 0.348. The maximum atomic E-state index is 10.9. The lowest BCUT2D eigenvalue weighted by molar-refractivity contribution is -0.383. The minimum absolute atomic E-state index is 0.178. The highest BCUT2D eigenvalue weighted by Gasteiger charge is 2.17. The minimum atomic E-state index is -0.549. The number of rotatable bonds is 3. The molecular weight excluding hydrogens is 224 g/mol. The summed E-state index contributed by atoms with van der Waals surface area (Å²) >= 11 is 0. The zero-order chi connectivity index (χ0) is 12.4. The Morgan fingerprint density at radius 3 is 2.82 bits per heavy atom. The largest absolute Gasteiger partial charge is 0.496 e. The Morgan fingerprint density at radius 1 is 1.47 bits per heavy atom. The zero-order valence-corrected chi connectivity index (χ0v) is 8.91.